The van der Waals surface area contributed by atoms with Gasteiger partial charge in [-0.25, -0.2) is 4.98 Å². The fourth-order valence-corrected chi connectivity index (χ4v) is 5.99. The standard InChI is InChI=1S/C28H35N5O7S/c1-18-11-33(19(2)15-34)28(35)22-10-21(30-41(36,37)27-14-32(4)16-29-27)6-8-23(22)40-26(18)13-31(3)12-20-5-7-24-25(9-20)39-17-38-24/h5-10,14,16,18-19,26,30,34H,11-13,15,17H2,1-4H3/t18-,19+,26-/m0/s1. The first-order valence-electron chi connectivity index (χ1n) is 13.3. The first-order valence-corrected chi connectivity index (χ1v) is 14.8. The van der Waals surface area contributed by atoms with Crippen LogP contribution in [0.5, 0.6) is 17.2 Å². The Morgan fingerprint density at radius 1 is 1.17 bits per heavy atom. The van der Waals surface area contributed by atoms with Gasteiger partial charge in [-0.2, -0.15) is 8.42 Å². The van der Waals surface area contributed by atoms with Crippen LogP contribution in [0.25, 0.3) is 0 Å². The Kier molecular flexibility index (Phi) is 8.11. The minimum Gasteiger partial charge on any atom is -0.488 e. The summed E-state index contributed by atoms with van der Waals surface area (Å²) in [6, 6.07) is 10.1. The van der Waals surface area contributed by atoms with Gasteiger partial charge in [0.05, 0.1) is 24.5 Å². The van der Waals surface area contributed by atoms with Gasteiger partial charge >= 0.3 is 0 Å². The van der Waals surface area contributed by atoms with Crippen molar-refractivity contribution in [3.05, 3.63) is 60.0 Å². The smallest absolute Gasteiger partial charge is 0.280 e. The molecule has 12 nitrogen and oxygen atoms in total. The number of hydrogen-bond acceptors (Lipinski definition) is 9. The zero-order chi connectivity index (χ0) is 29.3. The lowest BCUT2D eigenvalue weighted by Gasteiger charge is -2.38. The fourth-order valence-electron chi connectivity index (χ4n) is 4.96. The molecule has 0 saturated carbocycles. The van der Waals surface area contributed by atoms with E-state index in [9.17, 15) is 18.3 Å². The summed E-state index contributed by atoms with van der Waals surface area (Å²) in [7, 11) is -0.298. The van der Waals surface area contributed by atoms with Crippen LogP contribution in [0.3, 0.4) is 0 Å². The van der Waals surface area contributed by atoms with Gasteiger partial charge in [-0.05, 0) is 49.9 Å². The van der Waals surface area contributed by atoms with Crippen molar-refractivity contribution in [1.29, 1.82) is 0 Å². The van der Waals surface area contributed by atoms with Gasteiger partial charge < -0.3 is 28.8 Å². The van der Waals surface area contributed by atoms with E-state index >= 15 is 0 Å². The van der Waals surface area contributed by atoms with E-state index in [4.69, 9.17) is 14.2 Å². The number of aliphatic hydroxyl groups is 1. The highest BCUT2D eigenvalue weighted by Crippen LogP contribution is 2.34. The monoisotopic (exact) mass is 585 g/mol. The molecule has 1 amide bonds. The second-order valence-electron chi connectivity index (χ2n) is 10.7. The van der Waals surface area contributed by atoms with Crippen LogP contribution >= 0.6 is 0 Å². The number of carbonyl (C=O) groups is 1. The van der Waals surface area contributed by atoms with Crippen molar-refractivity contribution in [3.8, 4) is 17.2 Å². The third kappa shape index (κ3) is 6.26. The van der Waals surface area contributed by atoms with E-state index in [2.05, 4.69) is 14.6 Å². The van der Waals surface area contributed by atoms with E-state index in [0.29, 0.717) is 25.4 Å². The number of imidazole rings is 1. The molecule has 0 unspecified atom stereocenters. The van der Waals surface area contributed by atoms with Crippen LogP contribution in [0.4, 0.5) is 5.69 Å². The molecule has 2 aliphatic heterocycles. The number of anilines is 1. The first kappa shape index (κ1) is 28.7. The number of sulfonamides is 1. The molecule has 0 saturated heterocycles. The third-order valence-corrected chi connectivity index (χ3v) is 8.52. The van der Waals surface area contributed by atoms with Crippen molar-refractivity contribution in [1.82, 2.24) is 19.4 Å². The van der Waals surface area contributed by atoms with E-state index in [0.717, 1.165) is 17.1 Å². The van der Waals surface area contributed by atoms with Crippen LogP contribution in [0.1, 0.15) is 29.8 Å². The lowest BCUT2D eigenvalue weighted by molar-refractivity contribution is 0.0341. The molecule has 0 fully saturated rings. The van der Waals surface area contributed by atoms with Gasteiger partial charge in [0.1, 0.15) is 11.9 Å². The molecule has 0 bridgehead atoms. The van der Waals surface area contributed by atoms with E-state index in [1.165, 1.54) is 23.2 Å². The Labute approximate surface area is 239 Å². The van der Waals surface area contributed by atoms with Gasteiger partial charge in [-0.15, -0.1) is 0 Å². The maximum absolute atomic E-state index is 13.7. The minimum absolute atomic E-state index is 0.0670. The summed E-state index contributed by atoms with van der Waals surface area (Å²) in [6.07, 6.45) is 2.48. The Bertz CT molecular complexity index is 1530. The summed E-state index contributed by atoms with van der Waals surface area (Å²) in [6.45, 7) is 5.35. The Balaban J connectivity index is 1.40. The number of fused-ring (bicyclic) bond motifs is 2. The molecule has 1 aromatic heterocycles. The molecule has 3 atom stereocenters. The number of ether oxygens (including phenoxy) is 3. The third-order valence-electron chi connectivity index (χ3n) is 7.25. The molecule has 2 N–H and O–H groups in total. The summed E-state index contributed by atoms with van der Waals surface area (Å²) in [5, 5.41) is 9.79. The van der Waals surface area contributed by atoms with Gasteiger partial charge in [0.2, 0.25) is 6.79 Å². The second-order valence-corrected chi connectivity index (χ2v) is 12.3. The second kappa shape index (κ2) is 11.6. The van der Waals surface area contributed by atoms with Crippen molar-refractivity contribution in [2.75, 3.05) is 38.3 Å². The lowest BCUT2D eigenvalue weighted by Crippen LogP contribution is -2.49. The first-order chi connectivity index (χ1) is 19.5. The van der Waals surface area contributed by atoms with Gasteiger partial charge in [0.25, 0.3) is 15.9 Å². The molecule has 2 aromatic carbocycles. The zero-order valence-corrected chi connectivity index (χ0v) is 24.3. The van der Waals surface area contributed by atoms with Crippen molar-refractivity contribution in [2.24, 2.45) is 13.0 Å². The van der Waals surface area contributed by atoms with Gasteiger partial charge in [-0.1, -0.05) is 13.0 Å². The normalized spacial score (nSPS) is 19.4. The van der Waals surface area contributed by atoms with Crippen molar-refractivity contribution >= 4 is 21.6 Å². The molecule has 0 radical (unpaired) electrons. The summed E-state index contributed by atoms with van der Waals surface area (Å²) in [4.78, 5) is 21.4. The molecular weight excluding hydrogens is 550 g/mol. The molecule has 2 aliphatic rings. The summed E-state index contributed by atoms with van der Waals surface area (Å²) in [5.41, 5.74) is 1.47. The van der Waals surface area contributed by atoms with E-state index in [1.807, 2.05) is 32.2 Å². The highest BCUT2D eigenvalue weighted by molar-refractivity contribution is 7.92. The number of aryl methyl sites for hydroxylation is 1. The van der Waals surface area contributed by atoms with Gasteiger partial charge in [0, 0.05) is 44.5 Å². The average molecular weight is 586 g/mol. The molecular formula is C28H35N5O7S. The predicted octanol–water partition coefficient (Wildman–Crippen LogP) is 2.30. The van der Waals surface area contributed by atoms with Crippen LogP contribution < -0.4 is 18.9 Å². The number of likely N-dealkylation sites (N-methyl/N-ethyl adjacent to an activating group) is 1. The fraction of sp³-hybridized carbons (Fsp3) is 0.429. The summed E-state index contributed by atoms with van der Waals surface area (Å²) >= 11 is 0. The molecule has 220 valence electrons. The molecule has 41 heavy (non-hydrogen) atoms. The molecule has 5 rings (SSSR count). The van der Waals surface area contributed by atoms with Crippen molar-refractivity contribution < 1.29 is 32.5 Å². The minimum atomic E-state index is -3.97. The van der Waals surface area contributed by atoms with Crippen molar-refractivity contribution in [3.63, 3.8) is 0 Å². The van der Waals surface area contributed by atoms with Crippen LogP contribution in [-0.4, -0.2) is 84.5 Å². The van der Waals surface area contributed by atoms with E-state index < -0.39 is 16.1 Å². The average Bonchev–Trinajstić information content (AvgIpc) is 3.59. The van der Waals surface area contributed by atoms with Crippen LogP contribution in [-0.2, 0) is 23.6 Å². The quantitative estimate of drug-likeness (QED) is 0.388. The number of nitrogens with zero attached hydrogens (tertiary/aromatic N) is 4. The predicted molar refractivity (Wildman–Crippen MR) is 151 cm³/mol. The largest absolute Gasteiger partial charge is 0.488 e. The van der Waals surface area contributed by atoms with Crippen molar-refractivity contribution in [2.45, 2.75) is 37.6 Å². The maximum atomic E-state index is 13.7. The zero-order valence-electron chi connectivity index (χ0n) is 23.5. The summed E-state index contributed by atoms with van der Waals surface area (Å²) in [5.74, 6) is 1.39. The number of carbonyl (C=O) groups excluding carboxylic acids is 1. The van der Waals surface area contributed by atoms with E-state index in [1.54, 1.807) is 31.0 Å². The molecule has 0 spiro atoms. The summed E-state index contributed by atoms with van der Waals surface area (Å²) < 4.78 is 47.1. The number of amides is 1. The Morgan fingerprint density at radius 3 is 2.66 bits per heavy atom. The Morgan fingerprint density at radius 2 is 1.93 bits per heavy atom. The Hall–Kier alpha value is -3.81. The number of hydrogen-bond donors (Lipinski definition) is 2. The van der Waals surface area contributed by atoms with Crippen LogP contribution in [0.15, 0.2) is 53.9 Å². The van der Waals surface area contributed by atoms with Crippen LogP contribution in [0, 0.1) is 5.92 Å². The van der Waals surface area contributed by atoms with Gasteiger partial charge in [-0.3, -0.25) is 14.4 Å². The molecule has 3 aromatic rings. The molecule has 13 heteroatoms. The number of nitrogens with one attached hydrogen (secondary N) is 1. The highest BCUT2D eigenvalue weighted by atomic mass is 32.2. The van der Waals surface area contributed by atoms with Crippen LogP contribution in [0.2, 0.25) is 0 Å². The SMILES string of the molecule is C[C@H](CO)N1C[C@H](C)[C@H](CN(C)Cc2ccc3c(c2)OCO3)Oc2ccc(NS(=O)(=O)c3cn(C)cn3)cc2C1=O. The lowest BCUT2D eigenvalue weighted by atomic mass is 9.99. The molecule has 0 aliphatic carbocycles. The number of aliphatic hydroxyl groups excluding tert-OH is 1. The number of aromatic nitrogens is 2. The maximum Gasteiger partial charge on any atom is 0.280 e. The highest BCUT2D eigenvalue weighted by Gasteiger charge is 2.34. The van der Waals surface area contributed by atoms with E-state index in [-0.39, 0.29) is 47.6 Å². The topological polar surface area (TPSA) is 135 Å². The number of rotatable bonds is 9. The number of benzene rings is 2. The van der Waals surface area contributed by atoms with Gasteiger partial charge in [0.15, 0.2) is 16.5 Å². The molecule has 3 heterocycles.